The summed E-state index contributed by atoms with van der Waals surface area (Å²) in [5, 5.41) is 2.71. The third-order valence-corrected chi connectivity index (χ3v) is 2.25. The molecule has 1 aromatic rings. The van der Waals surface area contributed by atoms with Gasteiger partial charge in [0.15, 0.2) is 0 Å². The molecule has 0 spiro atoms. The number of hydrogen-bond donors (Lipinski definition) is 1. The Balaban J connectivity index is 2.12. The Labute approximate surface area is 89.4 Å². The first-order valence-electron chi connectivity index (χ1n) is 4.81. The van der Waals surface area contributed by atoms with Crippen molar-refractivity contribution in [3.63, 3.8) is 0 Å². The van der Waals surface area contributed by atoms with E-state index >= 15 is 0 Å². The van der Waals surface area contributed by atoms with E-state index < -0.39 is 0 Å². The van der Waals surface area contributed by atoms with Gasteiger partial charge in [0.1, 0.15) is 19.4 Å². The fourth-order valence-corrected chi connectivity index (χ4v) is 1.28. The van der Waals surface area contributed by atoms with Crippen LogP contribution in [-0.2, 0) is 4.79 Å². The summed E-state index contributed by atoms with van der Waals surface area (Å²) in [5.74, 6) is 1.20. The maximum Gasteiger partial charge on any atom is 0.228 e. The molecule has 1 saturated carbocycles. The molecule has 0 saturated heterocycles. The highest BCUT2D eigenvalue weighted by Crippen LogP contribution is 2.30. The third kappa shape index (κ3) is 2.49. The Bertz CT molecular complexity index is 391. The van der Waals surface area contributed by atoms with Crippen LogP contribution < -0.4 is 15.6 Å². The first-order valence-corrected chi connectivity index (χ1v) is 4.81. The summed E-state index contributed by atoms with van der Waals surface area (Å²) in [6, 6.07) is 3.25. The monoisotopic (exact) mass is 202 g/mol. The van der Waals surface area contributed by atoms with Crippen LogP contribution in [0.4, 0.5) is 5.82 Å². The number of ether oxygens (including phenoxy) is 1. The van der Waals surface area contributed by atoms with Crippen molar-refractivity contribution >= 4 is 25.2 Å². The molecule has 2 radical (unpaired) electrons. The zero-order valence-electron chi connectivity index (χ0n) is 8.49. The second-order valence-corrected chi connectivity index (χ2v) is 3.58. The molecule has 15 heavy (non-hydrogen) atoms. The van der Waals surface area contributed by atoms with Gasteiger partial charge in [0, 0.05) is 12.0 Å². The molecular formula is C10H11BN2O2. The number of nitrogens with one attached hydrogen (secondary N) is 1. The SMILES string of the molecule is [B]c1cc(OC)cc(NC(=O)C2CC2)n1. The van der Waals surface area contributed by atoms with Crippen molar-refractivity contribution in [1.82, 2.24) is 4.98 Å². The largest absolute Gasteiger partial charge is 0.497 e. The van der Waals surface area contributed by atoms with Gasteiger partial charge in [0.2, 0.25) is 5.91 Å². The summed E-state index contributed by atoms with van der Waals surface area (Å²) >= 11 is 0. The fourth-order valence-electron chi connectivity index (χ4n) is 1.28. The standard InChI is InChI=1S/C10H11BN2O2/c1-15-7-4-8(11)12-9(5-7)13-10(14)6-2-3-6/h4-6H,2-3H2,1H3,(H,12,13,14). The predicted octanol–water partition coefficient (Wildman–Crippen LogP) is 0.232. The van der Waals surface area contributed by atoms with Crippen molar-refractivity contribution in [1.29, 1.82) is 0 Å². The number of aromatic nitrogens is 1. The Hall–Kier alpha value is -1.52. The van der Waals surface area contributed by atoms with Gasteiger partial charge in [0.05, 0.1) is 7.11 Å². The molecule has 0 aliphatic heterocycles. The summed E-state index contributed by atoms with van der Waals surface area (Å²) in [6.07, 6.45) is 1.93. The predicted molar refractivity (Wildman–Crippen MR) is 57.5 cm³/mol. The molecule has 0 bridgehead atoms. The van der Waals surface area contributed by atoms with E-state index in [-0.39, 0.29) is 11.8 Å². The van der Waals surface area contributed by atoms with Crippen LogP contribution in [0.15, 0.2) is 12.1 Å². The first kappa shape index (κ1) is 10.0. The van der Waals surface area contributed by atoms with E-state index in [0.29, 0.717) is 17.2 Å². The molecule has 0 atom stereocenters. The van der Waals surface area contributed by atoms with Crippen molar-refractivity contribution in [2.75, 3.05) is 12.4 Å². The average Bonchev–Trinajstić information content (AvgIpc) is 2.99. The van der Waals surface area contributed by atoms with Crippen LogP contribution in [0.2, 0.25) is 0 Å². The van der Waals surface area contributed by atoms with E-state index in [1.54, 1.807) is 19.2 Å². The van der Waals surface area contributed by atoms with Gasteiger partial charge in [-0.25, -0.2) is 4.98 Å². The summed E-state index contributed by atoms with van der Waals surface area (Å²) in [5.41, 5.74) is 0.334. The smallest absolute Gasteiger partial charge is 0.228 e. The Morgan fingerprint density at radius 2 is 2.33 bits per heavy atom. The molecular weight excluding hydrogens is 191 g/mol. The topological polar surface area (TPSA) is 51.2 Å². The summed E-state index contributed by atoms with van der Waals surface area (Å²) in [4.78, 5) is 15.5. The van der Waals surface area contributed by atoms with Crippen LogP contribution >= 0.6 is 0 Å². The number of methoxy groups -OCH3 is 1. The van der Waals surface area contributed by atoms with Crippen LogP contribution in [0.5, 0.6) is 5.75 Å². The van der Waals surface area contributed by atoms with E-state index in [1.807, 2.05) is 0 Å². The zero-order valence-corrected chi connectivity index (χ0v) is 8.49. The van der Waals surface area contributed by atoms with Gasteiger partial charge in [0.25, 0.3) is 0 Å². The summed E-state index contributed by atoms with van der Waals surface area (Å²) in [6.45, 7) is 0. The minimum absolute atomic E-state index is 0.00940. The highest BCUT2D eigenvalue weighted by atomic mass is 16.5. The molecule has 2 rings (SSSR count). The van der Waals surface area contributed by atoms with E-state index in [1.165, 1.54) is 0 Å². The zero-order chi connectivity index (χ0) is 10.8. The molecule has 1 heterocycles. The molecule has 4 nitrogen and oxygen atoms in total. The van der Waals surface area contributed by atoms with E-state index in [0.717, 1.165) is 12.8 Å². The number of carbonyl (C=O) groups excluding carboxylic acids is 1. The average molecular weight is 202 g/mol. The molecule has 1 amide bonds. The number of carbonyl (C=O) groups is 1. The highest BCUT2D eigenvalue weighted by Gasteiger charge is 2.29. The van der Waals surface area contributed by atoms with Crippen molar-refractivity contribution in [2.24, 2.45) is 5.92 Å². The number of hydrogen-bond acceptors (Lipinski definition) is 3. The maximum atomic E-state index is 11.5. The van der Waals surface area contributed by atoms with Crippen LogP contribution in [0.1, 0.15) is 12.8 Å². The van der Waals surface area contributed by atoms with Crippen LogP contribution in [0.3, 0.4) is 0 Å². The molecule has 1 aliphatic rings. The Morgan fingerprint density at radius 1 is 1.60 bits per heavy atom. The third-order valence-electron chi connectivity index (χ3n) is 2.25. The van der Waals surface area contributed by atoms with Crippen LogP contribution in [0.25, 0.3) is 0 Å². The second-order valence-electron chi connectivity index (χ2n) is 3.58. The lowest BCUT2D eigenvalue weighted by Crippen LogP contribution is -2.18. The molecule has 1 aromatic heterocycles. The fraction of sp³-hybridized carbons (Fsp3) is 0.400. The molecule has 0 aromatic carbocycles. The Kier molecular flexibility index (Phi) is 2.62. The molecule has 1 fully saturated rings. The first-order chi connectivity index (χ1) is 7.19. The number of amides is 1. The number of nitrogens with zero attached hydrogens (tertiary/aromatic N) is 1. The number of pyridine rings is 1. The van der Waals surface area contributed by atoms with Crippen molar-refractivity contribution < 1.29 is 9.53 Å². The van der Waals surface area contributed by atoms with Gasteiger partial charge in [-0.15, -0.1) is 0 Å². The molecule has 76 valence electrons. The highest BCUT2D eigenvalue weighted by molar-refractivity contribution is 6.31. The lowest BCUT2D eigenvalue weighted by atomic mass is 10.0. The van der Waals surface area contributed by atoms with Gasteiger partial charge >= 0.3 is 0 Å². The molecule has 5 heteroatoms. The van der Waals surface area contributed by atoms with Crippen molar-refractivity contribution in [3.05, 3.63) is 12.1 Å². The second kappa shape index (κ2) is 3.92. The minimum Gasteiger partial charge on any atom is -0.497 e. The van der Waals surface area contributed by atoms with Gasteiger partial charge in [-0.05, 0) is 24.5 Å². The minimum atomic E-state index is 0.00940. The molecule has 1 N–H and O–H groups in total. The van der Waals surface area contributed by atoms with Crippen molar-refractivity contribution in [2.45, 2.75) is 12.8 Å². The Morgan fingerprint density at radius 3 is 2.93 bits per heavy atom. The van der Waals surface area contributed by atoms with Gasteiger partial charge in [-0.1, -0.05) is 0 Å². The van der Waals surface area contributed by atoms with E-state index in [2.05, 4.69) is 10.3 Å². The quantitative estimate of drug-likeness (QED) is 0.714. The van der Waals surface area contributed by atoms with Crippen LogP contribution in [0, 0.1) is 5.92 Å². The normalized spacial score (nSPS) is 14.7. The lowest BCUT2D eigenvalue weighted by molar-refractivity contribution is -0.117. The molecule has 0 unspecified atom stereocenters. The van der Waals surface area contributed by atoms with Gasteiger partial charge in [-0.2, -0.15) is 0 Å². The molecule has 1 aliphatic carbocycles. The number of anilines is 1. The maximum absolute atomic E-state index is 11.5. The van der Waals surface area contributed by atoms with Gasteiger partial charge < -0.3 is 10.1 Å². The summed E-state index contributed by atoms with van der Waals surface area (Å²) in [7, 11) is 7.10. The summed E-state index contributed by atoms with van der Waals surface area (Å²) < 4.78 is 5.02. The van der Waals surface area contributed by atoms with E-state index in [4.69, 9.17) is 12.6 Å². The van der Waals surface area contributed by atoms with E-state index in [9.17, 15) is 4.79 Å². The van der Waals surface area contributed by atoms with Crippen LogP contribution in [-0.4, -0.2) is 25.8 Å². The lowest BCUT2D eigenvalue weighted by Gasteiger charge is -2.07. The van der Waals surface area contributed by atoms with Crippen molar-refractivity contribution in [3.8, 4) is 5.75 Å². The number of rotatable bonds is 3. The van der Waals surface area contributed by atoms with Gasteiger partial charge in [-0.3, -0.25) is 4.79 Å².